The maximum absolute atomic E-state index is 12.3. The number of hydrogen-bond donors (Lipinski definition) is 2. The van der Waals surface area contributed by atoms with Gasteiger partial charge in [-0.2, -0.15) is 13.2 Å². The molecule has 2 aromatic heterocycles. The molecule has 0 aromatic carbocycles. The number of halogens is 3. The number of aromatic nitrogens is 3. The lowest BCUT2D eigenvalue weighted by Gasteiger charge is -2.06. The molecular weight excluding hydrogens is 295 g/mol. The third-order valence-electron chi connectivity index (χ3n) is 2.14. The monoisotopic (exact) mass is 303 g/mol. The molecule has 0 unspecified atom stereocenters. The highest BCUT2D eigenvalue weighted by Gasteiger charge is 2.32. The predicted molar refractivity (Wildman–Crippen MR) is 66.6 cm³/mol. The smallest absolute Gasteiger partial charge is 0.363 e. The molecule has 0 aliphatic heterocycles. The lowest BCUT2D eigenvalue weighted by molar-refractivity contribution is -0.141. The van der Waals surface area contributed by atoms with Gasteiger partial charge in [0.1, 0.15) is 5.69 Å². The van der Waals surface area contributed by atoms with Crippen molar-refractivity contribution in [2.45, 2.75) is 6.18 Å². The van der Waals surface area contributed by atoms with Gasteiger partial charge in [-0.05, 0) is 12.1 Å². The fourth-order valence-corrected chi connectivity index (χ4v) is 1.83. The van der Waals surface area contributed by atoms with Crippen molar-refractivity contribution in [1.29, 1.82) is 0 Å². The van der Waals surface area contributed by atoms with Gasteiger partial charge in [0.2, 0.25) is 10.1 Å². The molecule has 0 atom stereocenters. The van der Waals surface area contributed by atoms with Crippen LogP contribution in [0.15, 0.2) is 18.3 Å². The Morgan fingerprint density at radius 3 is 2.55 bits per heavy atom. The summed E-state index contributed by atoms with van der Waals surface area (Å²) in [5, 5.41) is 13.0. The summed E-state index contributed by atoms with van der Waals surface area (Å²) in [6.07, 6.45) is -3.58. The van der Waals surface area contributed by atoms with Gasteiger partial charge in [0.15, 0.2) is 0 Å². The molecule has 0 aliphatic carbocycles. The predicted octanol–water partition coefficient (Wildman–Crippen LogP) is 2.25. The molecule has 0 fully saturated rings. The molecule has 2 heterocycles. The van der Waals surface area contributed by atoms with Crippen molar-refractivity contribution >= 4 is 28.1 Å². The number of alkyl halides is 3. The number of nitrogens with zero attached hydrogens (tertiary/aromatic N) is 3. The van der Waals surface area contributed by atoms with Crippen LogP contribution in [-0.2, 0) is 6.18 Å². The minimum atomic E-state index is -4.51. The normalized spacial score (nSPS) is 11.2. The molecule has 0 saturated heterocycles. The van der Waals surface area contributed by atoms with E-state index in [-0.39, 0.29) is 10.7 Å². The Hall–Kier alpha value is -2.23. The zero-order valence-electron chi connectivity index (χ0n) is 10.0. The molecule has 0 spiro atoms. The highest BCUT2D eigenvalue weighted by Crippen LogP contribution is 2.27. The van der Waals surface area contributed by atoms with E-state index < -0.39 is 17.8 Å². The Balaban J connectivity index is 2.08. The molecule has 0 aliphatic rings. The van der Waals surface area contributed by atoms with E-state index in [1.54, 1.807) is 7.05 Å². The van der Waals surface area contributed by atoms with Crippen LogP contribution < -0.4 is 10.6 Å². The molecule has 2 N–H and O–H groups in total. The number of nitrogens with one attached hydrogen (secondary N) is 2. The quantitative estimate of drug-likeness (QED) is 0.909. The Bertz CT molecular complexity index is 610. The van der Waals surface area contributed by atoms with Crippen LogP contribution in [0.3, 0.4) is 0 Å². The van der Waals surface area contributed by atoms with Crippen LogP contribution in [0.25, 0.3) is 0 Å². The average Bonchev–Trinajstić information content (AvgIpc) is 2.87. The summed E-state index contributed by atoms with van der Waals surface area (Å²) in [6, 6.07) is 1.91. The molecule has 1 amide bonds. The number of amides is 1. The maximum Gasteiger partial charge on any atom is 0.433 e. The average molecular weight is 303 g/mol. The van der Waals surface area contributed by atoms with E-state index in [0.717, 1.165) is 29.7 Å². The van der Waals surface area contributed by atoms with Crippen LogP contribution in [0.2, 0.25) is 0 Å². The van der Waals surface area contributed by atoms with Gasteiger partial charge in [-0.25, -0.2) is 4.98 Å². The first-order valence-electron chi connectivity index (χ1n) is 5.26. The van der Waals surface area contributed by atoms with Gasteiger partial charge in [0, 0.05) is 7.05 Å². The van der Waals surface area contributed by atoms with E-state index in [2.05, 4.69) is 25.8 Å². The minimum absolute atomic E-state index is 0.0919. The Kier molecular flexibility index (Phi) is 3.84. The van der Waals surface area contributed by atoms with E-state index in [0.29, 0.717) is 5.13 Å². The van der Waals surface area contributed by atoms with Gasteiger partial charge in [-0.1, -0.05) is 11.3 Å². The Morgan fingerprint density at radius 1 is 1.30 bits per heavy atom. The first kappa shape index (κ1) is 14.2. The SMILES string of the molecule is CNc1nnc(C(=O)Nc2ccc(C(F)(F)F)nc2)s1. The van der Waals surface area contributed by atoms with Gasteiger partial charge in [0.25, 0.3) is 5.91 Å². The third-order valence-corrected chi connectivity index (χ3v) is 3.08. The van der Waals surface area contributed by atoms with Crippen LogP contribution in [0.5, 0.6) is 0 Å². The standard InChI is InChI=1S/C10H8F3N5OS/c1-14-9-18-17-8(20-9)7(19)16-5-2-3-6(15-4-5)10(11,12)13/h2-4H,1H3,(H,14,18)(H,16,19). The van der Waals surface area contributed by atoms with Crippen molar-refractivity contribution < 1.29 is 18.0 Å². The first-order valence-corrected chi connectivity index (χ1v) is 6.07. The number of carbonyl (C=O) groups is 1. The molecule has 0 radical (unpaired) electrons. The molecule has 10 heteroatoms. The summed E-state index contributed by atoms with van der Waals surface area (Å²) < 4.78 is 36.9. The van der Waals surface area contributed by atoms with Crippen molar-refractivity contribution in [2.75, 3.05) is 17.7 Å². The second-order valence-corrected chi connectivity index (χ2v) is 4.52. The summed E-state index contributed by atoms with van der Waals surface area (Å²) in [7, 11) is 1.63. The number of anilines is 2. The molecule has 20 heavy (non-hydrogen) atoms. The lowest BCUT2D eigenvalue weighted by atomic mass is 10.3. The summed E-state index contributed by atoms with van der Waals surface area (Å²) in [6.45, 7) is 0. The van der Waals surface area contributed by atoms with Crippen molar-refractivity contribution in [3.05, 3.63) is 29.0 Å². The van der Waals surface area contributed by atoms with Gasteiger partial charge in [0.05, 0.1) is 11.9 Å². The van der Waals surface area contributed by atoms with Gasteiger partial charge >= 0.3 is 6.18 Å². The fraction of sp³-hybridized carbons (Fsp3) is 0.200. The van der Waals surface area contributed by atoms with E-state index in [9.17, 15) is 18.0 Å². The topological polar surface area (TPSA) is 79.8 Å². The van der Waals surface area contributed by atoms with E-state index in [1.807, 2.05) is 0 Å². The molecule has 2 aromatic rings. The van der Waals surface area contributed by atoms with Crippen molar-refractivity contribution in [1.82, 2.24) is 15.2 Å². The third kappa shape index (κ3) is 3.20. The fourth-order valence-electron chi connectivity index (χ4n) is 1.24. The summed E-state index contributed by atoms with van der Waals surface area (Å²) in [4.78, 5) is 15.0. The van der Waals surface area contributed by atoms with Crippen LogP contribution in [-0.4, -0.2) is 28.1 Å². The molecule has 0 bridgehead atoms. The number of pyridine rings is 1. The van der Waals surface area contributed by atoms with E-state index in [1.165, 1.54) is 0 Å². The number of rotatable bonds is 3. The Labute approximate surface area is 115 Å². The summed E-state index contributed by atoms with van der Waals surface area (Å²) in [5.74, 6) is -0.564. The van der Waals surface area contributed by atoms with Gasteiger partial charge in [-0.3, -0.25) is 4.79 Å². The highest BCUT2D eigenvalue weighted by molar-refractivity contribution is 7.17. The van der Waals surface area contributed by atoms with Crippen LogP contribution >= 0.6 is 11.3 Å². The summed E-state index contributed by atoms with van der Waals surface area (Å²) >= 11 is 1.02. The summed E-state index contributed by atoms with van der Waals surface area (Å²) in [5.41, 5.74) is -0.881. The zero-order chi connectivity index (χ0) is 14.8. The van der Waals surface area contributed by atoms with Crippen LogP contribution in [0.4, 0.5) is 24.0 Å². The van der Waals surface area contributed by atoms with Crippen LogP contribution in [0.1, 0.15) is 15.5 Å². The molecule has 2 rings (SSSR count). The first-order chi connectivity index (χ1) is 9.40. The number of carbonyl (C=O) groups excluding carboxylic acids is 1. The molecule has 0 saturated carbocycles. The van der Waals surface area contributed by atoms with E-state index in [4.69, 9.17) is 0 Å². The maximum atomic E-state index is 12.3. The second-order valence-electron chi connectivity index (χ2n) is 3.55. The zero-order valence-corrected chi connectivity index (χ0v) is 10.8. The van der Waals surface area contributed by atoms with Crippen molar-refractivity contribution in [3.63, 3.8) is 0 Å². The van der Waals surface area contributed by atoms with Gasteiger partial charge in [-0.15, -0.1) is 10.2 Å². The largest absolute Gasteiger partial charge is 0.433 e. The number of hydrogen-bond acceptors (Lipinski definition) is 6. The minimum Gasteiger partial charge on any atom is -0.363 e. The second kappa shape index (κ2) is 5.41. The molecular formula is C10H8F3N5OS. The van der Waals surface area contributed by atoms with Crippen molar-refractivity contribution in [2.24, 2.45) is 0 Å². The molecule has 6 nitrogen and oxygen atoms in total. The van der Waals surface area contributed by atoms with Crippen LogP contribution in [0, 0.1) is 0 Å². The highest BCUT2D eigenvalue weighted by atomic mass is 32.1. The van der Waals surface area contributed by atoms with Crippen molar-refractivity contribution in [3.8, 4) is 0 Å². The molecule has 106 valence electrons. The van der Waals surface area contributed by atoms with E-state index >= 15 is 0 Å². The lowest BCUT2D eigenvalue weighted by Crippen LogP contribution is -2.13. The van der Waals surface area contributed by atoms with Gasteiger partial charge < -0.3 is 10.6 Å². The Morgan fingerprint density at radius 2 is 2.05 bits per heavy atom.